The number of aldehydes is 1. The van der Waals surface area contributed by atoms with Crippen LogP contribution >= 0.6 is 0 Å². The standard InChI is InChI=1S/C9H16O4S/c1-14(11,12)13-8-9(7-10)5-3-2-4-6-9/h7H,2-6,8H2,1H3. The molecular formula is C9H16O4S. The van der Waals surface area contributed by atoms with Gasteiger partial charge in [-0.25, -0.2) is 0 Å². The van der Waals surface area contributed by atoms with Crippen LogP contribution in [0.2, 0.25) is 0 Å². The van der Waals surface area contributed by atoms with E-state index in [1.807, 2.05) is 0 Å². The molecule has 0 unspecified atom stereocenters. The third-order valence-electron chi connectivity index (χ3n) is 2.66. The Bertz CT molecular complexity index is 288. The first kappa shape index (κ1) is 11.7. The highest BCUT2D eigenvalue weighted by Gasteiger charge is 2.33. The second kappa shape index (κ2) is 4.40. The third-order valence-corrected chi connectivity index (χ3v) is 3.21. The lowest BCUT2D eigenvalue weighted by atomic mass is 9.76. The van der Waals surface area contributed by atoms with Crippen LogP contribution in [-0.4, -0.2) is 27.6 Å². The number of carbonyl (C=O) groups excluding carboxylic acids is 1. The van der Waals surface area contributed by atoms with Crippen LogP contribution in [0.1, 0.15) is 32.1 Å². The van der Waals surface area contributed by atoms with Crippen LogP contribution in [0.15, 0.2) is 0 Å². The minimum Gasteiger partial charge on any atom is -0.303 e. The van der Waals surface area contributed by atoms with E-state index in [9.17, 15) is 13.2 Å². The zero-order valence-electron chi connectivity index (χ0n) is 8.36. The van der Waals surface area contributed by atoms with Gasteiger partial charge in [-0.1, -0.05) is 19.3 Å². The van der Waals surface area contributed by atoms with Crippen molar-refractivity contribution in [2.75, 3.05) is 12.9 Å². The van der Waals surface area contributed by atoms with E-state index < -0.39 is 15.5 Å². The molecule has 0 atom stereocenters. The van der Waals surface area contributed by atoms with E-state index in [4.69, 9.17) is 4.18 Å². The average Bonchev–Trinajstić information content (AvgIpc) is 2.15. The van der Waals surface area contributed by atoms with Crippen molar-refractivity contribution in [3.05, 3.63) is 0 Å². The molecule has 0 aromatic rings. The molecular weight excluding hydrogens is 204 g/mol. The van der Waals surface area contributed by atoms with Crippen LogP contribution in [0, 0.1) is 5.41 Å². The number of hydrogen-bond acceptors (Lipinski definition) is 4. The first-order valence-corrected chi connectivity index (χ1v) is 6.60. The van der Waals surface area contributed by atoms with E-state index in [-0.39, 0.29) is 6.61 Å². The minimum absolute atomic E-state index is 0.00926. The first-order valence-electron chi connectivity index (χ1n) is 4.78. The van der Waals surface area contributed by atoms with Crippen LogP contribution < -0.4 is 0 Å². The van der Waals surface area contributed by atoms with Gasteiger partial charge in [0, 0.05) is 0 Å². The molecule has 14 heavy (non-hydrogen) atoms. The molecule has 4 nitrogen and oxygen atoms in total. The van der Waals surface area contributed by atoms with Gasteiger partial charge in [-0.05, 0) is 12.8 Å². The quantitative estimate of drug-likeness (QED) is 0.526. The molecule has 0 bridgehead atoms. The molecule has 0 N–H and O–H groups in total. The Morgan fingerprint density at radius 1 is 1.29 bits per heavy atom. The van der Waals surface area contributed by atoms with Crippen LogP contribution in [0.25, 0.3) is 0 Å². The van der Waals surface area contributed by atoms with Gasteiger partial charge in [0.05, 0.1) is 18.3 Å². The van der Waals surface area contributed by atoms with Gasteiger partial charge in [0.15, 0.2) is 0 Å². The summed E-state index contributed by atoms with van der Waals surface area (Å²) >= 11 is 0. The molecule has 1 aliphatic carbocycles. The summed E-state index contributed by atoms with van der Waals surface area (Å²) in [6.45, 7) is 0.00926. The molecule has 0 aromatic heterocycles. The molecule has 5 heteroatoms. The highest BCUT2D eigenvalue weighted by molar-refractivity contribution is 7.85. The fraction of sp³-hybridized carbons (Fsp3) is 0.889. The topological polar surface area (TPSA) is 60.4 Å². The van der Waals surface area contributed by atoms with Gasteiger partial charge < -0.3 is 4.79 Å². The second-order valence-electron chi connectivity index (χ2n) is 4.01. The van der Waals surface area contributed by atoms with Crippen molar-refractivity contribution in [2.45, 2.75) is 32.1 Å². The monoisotopic (exact) mass is 220 g/mol. The zero-order chi connectivity index (χ0) is 10.7. The van der Waals surface area contributed by atoms with E-state index >= 15 is 0 Å². The third kappa shape index (κ3) is 3.38. The predicted octanol–water partition coefficient (Wildman–Crippen LogP) is 1.11. The fourth-order valence-corrected chi connectivity index (χ4v) is 2.23. The van der Waals surface area contributed by atoms with Gasteiger partial charge in [0.1, 0.15) is 6.29 Å². The van der Waals surface area contributed by atoms with Crippen molar-refractivity contribution in [2.24, 2.45) is 5.41 Å². The maximum absolute atomic E-state index is 10.9. The van der Waals surface area contributed by atoms with Crippen LogP contribution in [0.5, 0.6) is 0 Å². The summed E-state index contributed by atoms with van der Waals surface area (Å²) in [5.41, 5.74) is -0.554. The van der Waals surface area contributed by atoms with Crippen molar-refractivity contribution < 1.29 is 17.4 Å². The van der Waals surface area contributed by atoms with Crippen molar-refractivity contribution in [3.8, 4) is 0 Å². The van der Waals surface area contributed by atoms with Gasteiger partial charge in [-0.2, -0.15) is 8.42 Å². The molecule has 1 aliphatic rings. The Morgan fingerprint density at radius 3 is 2.29 bits per heavy atom. The van der Waals surface area contributed by atoms with E-state index in [1.54, 1.807) is 0 Å². The minimum atomic E-state index is -3.43. The van der Waals surface area contributed by atoms with E-state index in [2.05, 4.69) is 0 Å². The van der Waals surface area contributed by atoms with Gasteiger partial charge in [-0.3, -0.25) is 4.18 Å². The van der Waals surface area contributed by atoms with Gasteiger partial charge in [0.2, 0.25) is 0 Å². The van der Waals surface area contributed by atoms with E-state index in [0.29, 0.717) is 0 Å². The molecule has 0 spiro atoms. The normalized spacial score (nSPS) is 21.8. The first-order chi connectivity index (χ1) is 6.47. The summed E-state index contributed by atoms with van der Waals surface area (Å²) in [6.07, 6.45) is 6.43. The van der Waals surface area contributed by atoms with Gasteiger partial charge in [0.25, 0.3) is 10.1 Å². The summed E-state index contributed by atoms with van der Waals surface area (Å²) in [4.78, 5) is 10.9. The number of rotatable bonds is 4. The fourth-order valence-electron chi connectivity index (χ4n) is 1.78. The smallest absolute Gasteiger partial charge is 0.264 e. The van der Waals surface area contributed by atoms with Gasteiger partial charge in [-0.15, -0.1) is 0 Å². The van der Waals surface area contributed by atoms with Crippen molar-refractivity contribution >= 4 is 16.4 Å². The molecule has 1 saturated carbocycles. The Kier molecular flexibility index (Phi) is 3.66. The van der Waals surface area contributed by atoms with E-state index in [0.717, 1.165) is 44.6 Å². The highest BCUT2D eigenvalue weighted by Crippen LogP contribution is 2.34. The molecule has 1 rings (SSSR count). The Balaban J connectivity index is 2.57. The lowest BCUT2D eigenvalue weighted by Crippen LogP contribution is -2.32. The van der Waals surface area contributed by atoms with Crippen molar-refractivity contribution in [1.29, 1.82) is 0 Å². The average molecular weight is 220 g/mol. The molecule has 1 fully saturated rings. The van der Waals surface area contributed by atoms with Crippen LogP contribution in [0.3, 0.4) is 0 Å². The zero-order valence-corrected chi connectivity index (χ0v) is 9.18. The molecule has 0 amide bonds. The van der Waals surface area contributed by atoms with Crippen LogP contribution in [-0.2, 0) is 19.1 Å². The van der Waals surface area contributed by atoms with Crippen molar-refractivity contribution in [1.82, 2.24) is 0 Å². The summed E-state index contributed by atoms with van der Waals surface area (Å²) in [7, 11) is -3.43. The van der Waals surface area contributed by atoms with Crippen molar-refractivity contribution in [3.63, 3.8) is 0 Å². The number of hydrogen-bond donors (Lipinski definition) is 0. The molecule has 0 radical (unpaired) electrons. The maximum atomic E-state index is 10.9. The molecule has 0 aliphatic heterocycles. The summed E-state index contributed by atoms with van der Waals surface area (Å²) in [5.74, 6) is 0. The molecule has 0 aromatic carbocycles. The van der Waals surface area contributed by atoms with E-state index in [1.165, 1.54) is 0 Å². The number of carbonyl (C=O) groups is 1. The van der Waals surface area contributed by atoms with Gasteiger partial charge >= 0.3 is 0 Å². The highest BCUT2D eigenvalue weighted by atomic mass is 32.2. The predicted molar refractivity (Wildman–Crippen MR) is 52.4 cm³/mol. The summed E-state index contributed by atoms with van der Waals surface area (Å²) in [6, 6.07) is 0. The molecule has 0 heterocycles. The largest absolute Gasteiger partial charge is 0.303 e. The lowest BCUT2D eigenvalue weighted by molar-refractivity contribution is -0.119. The summed E-state index contributed by atoms with van der Waals surface area (Å²) < 4.78 is 26.3. The Labute approximate surface area is 84.8 Å². The second-order valence-corrected chi connectivity index (χ2v) is 5.65. The molecule has 82 valence electrons. The Hall–Kier alpha value is -0.420. The molecule has 0 saturated heterocycles. The SMILES string of the molecule is CS(=O)(=O)OCC1(C=O)CCCCC1. The lowest BCUT2D eigenvalue weighted by Gasteiger charge is -2.30. The van der Waals surface area contributed by atoms with Crippen LogP contribution in [0.4, 0.5) is 0 Å². The maximum Gasteiger partial charge on any atom is 0.264 e. The Morgan fingerprint density at radius 2 is 1.86 bits per heavy atom. The summed E-state index contributed by atoms with van der Waals surface area (Å²) in [5, 5.41) is 0.